The Kier molecular flexibility index (Phi) is 3.58. The van der Waals surface area contributed by atoms with Gasteiger partial charge in [-0.05, 0) is 44.3 Å². The molecule has 0 aromatic carbocycles. The number of carbonyl (C=O) groups excluding carboxylic acids is 1. The Morgan fingerprint density at radius 2 is 2.29 bits per heavy atom. The first-order valence-electron chi connectivity index (χ1n) is 4.95. The van der Waals surface area contributed by atoms with E-state index >= 15 is 0 Å². The highest BCUT2D eigenvalue weighted by Gasteiger charge is 2.36. The number of furan rings is 1. The van der Waals surface area contributed by atoms with Gasteiger partial charge in [-0.2, -0.15) is 0 Å². The summed E-state index contributed by atoms with van der Waals surface area (Å²) in [6.45, 7) is 0.181. The molecule has 1 aromatic heterocycles. The molecule has 0 radical (unpaired) electrons. The zero-order valence-electron chi connectivity index (χ0n) is 8.65. The molecule has 1 atom stereocenters. The normalized spacial score (nSPS) is 20.0. The molecule has 1 aliphatic rings. The summed E-state index contributed by atoms with van der Waals surface area (Å²) in [5, 5.41) is 9.00. The van der Waals surface area contributed by atoms with E-state index in [1.807, 2.05) is 0 Å². The van der Waals surface area contributed by atoms with E-state index < -0.39 is 12.0 Å². The van der Waals surface area contributed by atoms with Crippen molar-refractivity contribution in [1.29, 1.82) is 0 Å². The second kappa shape index (κ2) is 4.81. The fourth-order valence-electron chi connectivity index (χ4n) is 1.83. The molecule has 1 amide bonds. The van der Waals surface area contributed by atoms with Gasteiger partial charge in [0.05, 0.1) is 11.0 Å². The van der Waals surface area contributed by atoms with Crippen molar-refractivity contribution in [2.24, 2.45) is 0 Å². The number of carbonyl (C=O) groups is 2. The standard InChI is InChI=1S/C10H9Br2NO4/c11-6-3-5(17-9(6)12)4-13-7(10(15)16)1-2-8(13)14/h3,7H,1-2,4H2,(H,15,16). The number of nitrogens with zero attached hydrogens (tertiary/aromatic N) is 1. The summed E-state index contributed by atoms with van der Waals surface area (Å²) in [5.41, 5.74) is 0. The van der Waals surface area contributed by atoms with Gasteiger partial charge in [-0.15, -0.1) is 0 Å². The van der Waals surface area contributed by atoms with Crippen molar-refractivity contribution in [1.82, 2.24) is 4.90 Å². The highest BCUT2D eigenvalue weighted by Crippen LogP contribution is 2.29. The smallest absolute Gasteiger partial charge is 0.326 e. The molecule has 2 heterocycles. The molecule has 5 nitrogen and oxygen atoms in total. The van der Waals surface area contributed by atoms with Gasteiger partial charge in [-0.1, -0.05) is 0 Å². The van der Waals surface area contributed by atoms with Crippen molar-refractivity contribution in [3.8, 4) is 0 Å². The third kappa shape index (κ3) is 2.55. The van der Waals surface area contributed by atoms with Crippen LogP contribution in [0.1, 0.15) is 18.6 Å². The fraction of sp³-hybridized carbons (Fsp3) is 0.400. The minimum Gasteiger partial charge on any atom is -0.480 e. The van der Waals surface area contributed by atoms with Gasteiger partial charge in [0.2, 0.25) is 5.91 Å². The maximum absolute atomic E-state index is 11.6. The lowest BCUT2D eigenvalue weighted by atomic mass is 10.2. The topological polar surface area (TPSA) is 70.8 Å². The van der Waals surface area contributed by atoms with Gasteiger partial charge in [0, 0.05) is 6.42 Å². The van der Waals surface area contributed by atoms with Crippen LogP contribution in [-0.2, 0) is 16.1 Å². The second-order valence-electron chi connectivity index (χ2n) is 3.75. The second-order valence-corrected chi connectivity index (χ2v) is 5.32. The lowest BCUT2D eigenvalue weighted by molar-refractivity contribution is -0.146. The average molecular weight is 367 g/mol. The van der Waals surface area contributed by atoms with Gasteiger partial charge in [0.1, 0.15) is 11.8 Å². The summed E-state index contributed by atoms with van der Waals surface area (Å²) < 4.78 is 6.61. The maximum atomic E-state index is 11.6. The molecule has 0 saturated carbocycles. The van der Waals surface area contributed by atoms with E-state index in [0.29, 0.717) is 16.9 Å². The van der Waals surface area contributed by atoms with Crippen molar-refractivity contribution < 1.29 is 19.1 Å². The predicted molar refractivity (Wildman–Crippen MR) is 65.3 cm³/mol. The van der Waals surface area contributed by atoms with E-state index in [-0.39, 0.29) is 18.9 Å². The molecular formula is C10H9Br2NO4. The molecule has 92 valence electrons. The quantitative estimate of drug-likeness (QED) is 0.891. The van der Waals surface area contributed by atoms with Gasteiger partial charge in [0.25, 0.3) is 0 Å². The number of halogens is 2. The van der Waals surface area contributed by atoms with Crippen LogP contribution >= 0.6 is 31.9 Å². The first-order chi connectivity index (χ1) is 7.99. The summed E-state index contributed by atoms with van der Waals surface area (Å²) in [5.74, 6) is -0.577. The number of hydrogen-bond acceptors (Lipinski definition) is 3. The van der Waals surface area contributed by atoms with E-state index in [1.54, 1.807) is 6.07 Å². The molecule has 1 aromatic rings. The third-order valence-electron chi connectivity index (χ3n) is 2.64. The van der Waals surface area contributed by atoms with Gasteiger partial charge < -0.3 is 14.4 Å². The van der Waals surface area contributed by atoms with Crippen LogP contribution in [0.25, 0.3) is 0 Å². The molecule has 0 bridgehead atoms. The van der Waals surface area contributed by atoms with Crippen LogP contribution < -0.4 is 0 Å². The number of likely N-dealkylation sites (tertiary alicyclic amines) is 1. The number of aliphatic carboxylic acids is 1. The molecule has 1 aliphatic heterocycles. The molecule has 1 fully saturated rings. The summed E-state index contributed by atoms with van der Waals surface area (Å²) in [4.78, 5) is 23.9. The molecule has 7 heteroatoms. The highest BCUT2D eigenvalue weighted by molar-refractivity contribution is 9.13. The van der Waals surface area contributed by atoms with E-state index in [0.717, 1.165) is 4.47 Å². The largest absolute Gasteiger partial charge is 0.480 e. The van der Waals surface area contributed by atoms with E-state index in [9.17, 15) is 9.59 Å². The zero-order chi connectivity index (χ0) is 12.6. The Morgan fingerprint density at radius 3 is 2.82 bits per heavy atom. The number of carboxylic acids is 1. The first-order valence-corrected chi connectivity index (χ1v) is 6.53. The summed E-state index contributed by atoms with van der Waals surface area (Å²) in [6.07, 6.45) is 0.636. The first kappa shape index (κ1) is 12.6. The SMILES string of the molecule is O=C(O)C1CCC(=O)N1Cc1cc(Br)c(Br)o1. The number of carboxylic acid groups (broad SMARTS) is 1. The predicted octanol–water partition coefficient (Wildman–Crippen LogP) is 2.38. The van der Waals surface area contributed by atoms with Crippen LogP contribution in [0.5, 0.6) is 0 Å². The molecular weight excluding hydrogens is 358 g/mol. The van der Waals surface area contributed by atoms with Gasteiger partial charge in [0.15, 0.2) is 4.67 Å². The Morgan fingerprint density at radius 1 is 1.59 bits per heavy atom. The Hall–Kier alpha value is -0.820. The van der Waals surface area contributed by atoms with Crippen molar-refractivity contribution in [2.75, 3.05) is 0 Å². The monoisotopic (exact) mass is 365 g/mol. The number of amides is 1. The van der Waals surface area contributed by atoms with E-state index in [2.05, 4.69) is 31.9 Å². The van der Waals surface area contributed by atoms with Gasteiger partial charge >= 0.3 is 5.97 Å². The van der Waals surface area contributed by atoms with Crippen LogP contribution in [0.3, 0.4) is 0 Å². The van der Waals surface area contributed by atoms with Crippen LogP contribution in [0.15, 0.2) is 19.6 Å². The molecule has 0 spiro atoms. The number of rotatable bonds is 3. The maximum Gasteiger partial charge on any atom is 0.326 e. The zero-order valence-corrected chi connectivity index (χ0v) is 11.8. The van der Waals surface area contributed by atoms with Crippen molar-refractivity contribution in [3.63, 3.8) is 0 Å². The van der Waals surface area contributed by atoms with Crippen LogP contribution in [0, 0.1) is 0 Å². The molecule has 1 saturated heterocycles. The molecule has 0 aliphatic carbocycles. The highest BCUT2D eigenvalue weighted by atomic mass is 79.9. The average Bonchev–Trinajstić information content (AvgIpc) is 2.74. The summed E-state index contributed by atoms with van der Waals surface area (Å²) in [6, 6.07) is 0.972. The van der Waals surface area contributed by atoms with Crippen molar-refractivity contribution in [2.45, 2.75) is 25.4 Å². The molecule has 1 unspecified atom stereocenters. The van der Waals surface area contributed by atoms with E-state index in [1.165, 1.54) is 4.90 Å². The third-order valence-corrected chi connectivity index (χ3v) is 4.35. The molecule has 2 rings (SSSR count). The fourth-order valence-corrected chi connectivity index (χ4v) is 2.48. The van der Waals surface area contributed by atoms with Crippen molar-refractivity contribution >= 4 is 43.7 Å². The van der Waals surface area contributed by atoms with Crippen LogP contribution in [0.4, 0.5) is 0 Å². The molecule has 1 N–H and O–H groups in total. The Bertz CT molecular complexity index is 451. The minimum absolute atomic E-state index is 0.152. The lowest BCUT2D eigenvalue weighted by Gasteiger charge is -2.19. The number of hydrogen-bond donors (Lipinski definition) is 1. The van der Waals surface area contributed by atoms with Crippen molar-refractivity contribution in [3.05, 3.63) is 21.0 Å². The van der Waals surface area contributed by atoms with Gasteiger partial charge in [-0.3, -0.25) is 4.79 Å². The summed E-state index contributed by atoms with van der Waals surface area (Å²) >= 11 is 6.46. The van der Waals surface area contributed by atoms with Crippen LogP contribution in [-0.4, -0.2) is 27.9 Å². The Balaban J connectivity index is 2.16. The van der Waals surface area contributed by atoms with E-state index in [4.69, 9.17) is 9.52 Å². The summed E-state index contributed by atoms with van der Waals surface area (Å²) in [7, 11) is 0. The lowest BCUT2D eigenvalue weighted by Crippen LogP contribution is -2.37. The van der Waals surface area contributed by atoms with Crippen LogP contribution in [0.2, 0.25) is 0 Å². The van der Waals surface area contributed by atoms with Gasteiger partial charge in [-0.25, -0.2) is 4.79 Å². The molecule has 17 heavy (non-hydrogen) atoms. The minimum atomic E-state index is -0.972. The Labute approximate surface area is 114 Å².